The largest absolute Gasteiger partial charge is 0.457 e. The van der Waals surface area contributed by atoms with Crippen molar-refractivity contribution in [3.63, 3.8) is 0 Å². The van der Waals surface area contributed by atoms with Crippen molar-refractivity contribution in [3.8, 4) is 11.3 Å². The van der Waals surface area contributed by atoms with Crippen molar-refractivity contribution in [2.24, 2.45) is 4.99 Å². The maximum absolute atomic E-state index is 13.8. The third-order valence-corrected chi connectivity index (χ3v) is 6.41. The first-order chi connectivity index (χ1) is 17.0. The minimum absolute atomic E-state index is 0.163. The molecule has 0 radical (unpaired) electrons. The van der Waals surface area contributed by atoms with E-state index in [0.29, 0.717) is 32.7 Å². The molecule has 0 saturated carbocycles. The summed E-state index contributed by atoms with van der Waals surface area (Å²) in [5.41, 5.74) is 2.27. The average Bonchev–Trinajstić information content (AvgIpc) is 3.44. The molecule has 0 N–H and O–H groups in total. The molecule has 1 amide bonds. The van der Waals surface area contributed by atoms with Crippen LogP contribution in [0.3, 0.4) is 0 Å². The number of thioether (sulfide) groups is 1. The lowest BCUT2D eigenvalue weighted by Crippen LogP contribution is -2.28. The van der Waals surface area contributed by atoms with Gasteiger partial charge in [0.2, 0.25) is 0 Å². The number of amidine groups is 1. The second kappa shape index (κ2) is 10.1. The standard InChI is InChI=1S/C28H20F2N2O2S/c29-22-10-4-6-19(14-22)17-31-28-32(18-20-7-5-11-23(30)15-20)27(33)26(35-28)16-24-12-13-25(34-24)21-8-2-1-3-9-21/h1-16H,17-18H2/b26-16-,31-28?. The van der Waals surface area contributed by atoms with E-state index < -0.39 is 0 Å². The van der Waals surface area contributed by atoms with Crippen molar-refractivity contribution in [2.45, 2.75) is 13.1 Å². The Kier molecular flexibility index (Phi) is 6.59. The van der Waals surface area contributed by atoms with Gasteiger partial charge in [0.05, 0.1) is 18.0 Å². The van der Waals surface area contributed by atoms with Gasteiger partial charge >= 0.3 is 0 Å². The quantitative estimate of drug-likeness (QED) is 0.279. The minimum atomic E-state index is -0.375. The van der Waals surface area contributed by atoms with E-state index >= 15 is 0 Å². The minimum Gasteiger partial charge on any atom is -0.457 e. The third-order valence-electron chi connectivity index (χ3n) is 5.36. The first kappa shape index (κ1) is 22.8. The lowest BCUT2D eigenvalue weighted by Gasteiger charge is -2.16. The zero-order valence-corrected chi connectivity index (χ0v) is 19.3. The summed E-state index contributed by atoms with van der Waals surface area (Å²) in [5.74, 6) is 0.262. The van der Waals surface area contributed by atoms with Gasteiger partial charge in [-0.1, -0.05) is 54.6 Å². The van der Waals surface area contributed by atoms with Crippen LogP contribution in [-0.2, 0) is 17.9 Å². The molecular formula is C28H20F2N2O2S. The van der Waals surface area contributed by atoms with Crippen LogP contribution in [-0.4, -0.2) is 16.0 Å². The number of amides is 1. The monoisotopic (exact) mass is 486 g/mol. The van der Waals surface area contributed by atoms with Gasteiger partial charge in [0.1, 0.15) is 23.2 Å². The summed E-state index contributed by atoms with van der Waals surface area (Å²) in [4.78, 5) is 19.8. The fourth-order valence-corrected chi connectivity index (χ4v) is 4.65. The summed E-state index contributed by atoms with van der Waals surface area (Å²) in [6.07, 6.45) is 1.68. The van der Waals surface area contributed by atoms with Crippen molar-refractivity contribution >= 4 is 28.9 Å². The number of nitrogens with zero attached hydrogens (tertiary/aromatic N) is 2. The molecule has 0 bridgehead atoms. The van der Waals surface area contributed by atoms with Gasteiger partial charge in [-0.3, -0.25) is 14.7 Å². The van der Waals surface area contributed by atoms with Crippen LogP contribution < -0.4 is 0 Å². The van der Waals surface area contributed by atoms with Crippen LogP contribution in [0.5, 0.6) is 0 Å². The second-order valence-corrected chi connectivity index (χ2v) is 8.94. The van der Waals surface area contributed by atoms with Gasteiger partial charge in [0.25, 0.3) is 5.91 Å². The fourth-order valence-electron chi connectivity index (χ4n) is 3.69. The van der Waals surface area contributed by atoms with Crippen molar-refractivity contribution in [1.82, 2.24) is 4.90 Å². The number of hydrogen-bond acceptors (Lipinski definition) is 4. The highest BCUT2D eigenvalue weighted by molar-refractivity contribution is 8.18. The molecule has 0 aliphatic carbocycles. The molecule has 1 fully saturated rings. The number of carbonyl (C=O) groups is 1. The van der Waals surface area contributed by atoms with Crippen LogP contribution >= 0.6 is 11.8 Å². The summed E-state index contributed by atoms with van der Waals surface area (Å²) in [5, 5.41) is 0.463. The normalized spacial score (nSPS) is 15.9. The number of carbonyl (C=O) groups excluding carboxylic acids is 1. The molecule has 1 aromatic heterocycles. The maximum atomic E-state index is 13.8. The molecule has 0 spiro atoms. The highest BCUT2D eigenvalue weighted by Crippen LogP contribution is 2.35. The molecule has 1 saturated heterocycles. The molecule has 0 atom stereocenters. The van der Waals surface area contributed by atoms with Crippen LogP contribution in [0.1, 0.15) is 16.9 Å². The SMILES string of the molecule is O=C1/C(=C/c2ccc(-c3ccccc3)o2)SC(=NCc2cccc(F)c2)N1Cc1cccc(F)c1. The Morgan fingerprint density at radius 2 is 1.57 bits per heavy atom. The predicted octanol–water partition coefficient (Wildman–Crippen LogP) is 6.90. The molecule has 174 valence electrons. The topological polar surface area (TPSA) is 45.8 Å². The van der Waals surface area contributed by atoms with Crippen molar-refractivity contribution in [2.75, 3.05) is 0 Å². The van der Waals surface area contributed by atoms with Crippen LogP contribution in [0, 0.1) is 11.6 Å². The Balaban J connectivity index is 1.43. The maximum Gasteiger partial charge on any atom is 0.267 e. The predicted molar refractivity (Wildman–Crippen MR) is 134 cm³/mol. The third kappa shape index (κ3) is 5.41. The molecule has 4 nitrogen and oxygen atoms in total. The Morgan fingerprint density at radius 1 is 0.857 bits per heavy atom. The molecular weight excluding hydrogens is 466 g/mol. The van der Waals surface area contributed by atoms with E-state index in [2.05, 4.69) is 4.99 Å². The fraction of sp³-hybridized carbons (Fsp3) is 0.0714. The van der Waals surface area contributed by atoms with Crippen LogP contribution in [0.4, 0.5) is 8.78 Å². The van der Waals surface area contributed by atoms with E-state index in [9.17, 15) is 13.6 Å². The molecule has 3 aromatic carbocycles. The van der Waals surface area contributed by atoms with Gasteiger partial charge in [-0.25, -0.2) is 8.78 Å². The number of furan rings is 1. The summed E-state index contributed by atoms with van der Waals surface area (Å²) < 4.78 is 33.3. The van der Waals surface area contributed by atoms with Crippen LogP contribution in [0.25, 0.3) is 17.4 Å². The molecule has 0 unspecified atom stereocenters. The van der Waals surface area contributed by atoms with Crippen molar-refractivity contribution < 1.29 is 18.0 Å². The number of hydrogen-bond donors (Lipinski definition) is 0. The molecule has 5 rings (SSSR count). The van der Waals surface area contributed by atoms with E-state index in [1.807, 2.05) is 42.5 Å². The lowest BCUT2D eigenvalue weighted by molar-refractivity contribution is -0.122. The molecule has 7 heteroatoms. The molecule has 2 heterocycles. The highest BCUT2D eigenvalue weighted by atomic mass is 32.2. The van der Waals surface area contributed by atoms with E-state index in [4.69, 9.17) is 4.42 Å². The summed E-state index contributed by atoms with van der Waals surface area (Å²) in [6, 6.07) is 25.6. The highest BCUT2D eigenvalue weighted by Gasteiger charge is 2.33. The van der Waals surface area contributed by atoms with Crippen molar-refractivity contribution in [1.29, 1.82) is 0 Å². The van der Waals surface area contributed by atoms with Crippen molar-refractivity contribution in [3.05, 3.63) is 124 Å². The lowest BCUT2D eigenvalue weighted by atomic mass is 10.2. The number of aliphatic imine (C=N–C) groups is 1. The number of halogens is 2. The van der Waals surface area contributed by atoms with Gasteiger partial charge < -0.3 is 4.42 Å². The Labute approximate surface area is 205 Å². The first-order valence-corrected chi connectivity index (χ1v) is 11.8. The summed E-state index contributed by atoms with van der Waals surface area (Å²) >= 11 is 1.21. The van der Waals surface area contributed by atoms with Gasteiger partial charge in [-0.2, -0.15) is 0 Å². The van der Waals surface area contributed by atoms with E-state index in [0.717, 1.165) is 5.56 Å². The molecule has 1 aliphatic rings. The Morgan fingerprint density at radius 3 is 2.31 bits per heavy atom. The van der Waals surface area contributed by atoms with E-state index in [1.165, 1.54) is 40.9 Å². The first-order valence-electron chi connectivity index (χ1n) is 11.0. The van der Waals surface area contributed by atoms with E-state index in [1.54, 1.807) is 30.3 Å². The average molecular weight is 487 g/mol. The number of benzene rings is 3. The van der Waals surface area contributed by atoms with Crippen LogP contribution in [0.2, 0.25) is 0 Å². The van der Waals surface area contributed by atoms with Crippen LogP contribution in [0.15, 0.2) is 105 Å². The Bertz CT molecular complexity index is 1430. The summed E-state index contributed by atoms with van der Waals surface area (Å²) in [7, 11) is 0. The van der Waals surface area contributed by atoms with E-state index in [-0.39, 0.29) is 30.6 Å². The van der Waals surface area contributed by atoms with Gasteiger partial charge in [-0.05, 0) is 59.3 Å². The molecule has 4 aromatic rings. The zero-order valence-electron chi connectivity index (χ0n) is 18.5. The second-order valence-electron chi connectivity index (χ2n) is 7.93. The number of rotatable bonds is 6. The van der Waals surface area contributed by atoms with Gasteiger partial charge in [-0.15, -0.1) is 0 Å². The molecule has 35 heavy (non-hydrogen) atoms. The molecule has 1 aliphatic heterocycles. The summed E-state index contributed by atoms with van der Waals surface area (Å²) in [6.45, 7) is 0.371. The smallest absolute Gasteiger partial charge is 0.267 e. The zero-order chi connectivity index (χ0) is 24.2. The van der Waals surface area contributed by atoms with Gasteiger partial charge in [0, 0.05) is 11.6 Å². The van der Waals surface area contributed by atoms with Gasteiger partial charge in [0.15, 0.2) is 5.17 Å². The Hall–Kier alpha value is -3.97.